The molecule has 0 aromatic heterocycles. The van der Waals surface area contributed by atoms with Crippen LogP contribution in [0.25, 0.3) is 6.08 Å². The number of carbonyl (C=O) groups is 1. The highest BCUT2D eigenvalue weighted by molar-refractivity contribution is 7.90. The van der Waals surface area contributed by atoms with E-state index >= 15 is 0 Å². The summed E-state index contributed by atoms with van der Waals surface area (Å²) in [7, 11) is -2.96. The maximum Gasteiger partial charge on any atom is 0.246 e. The third-order valence-corrected chi connectivity index (χ3v) is 5.53. The van der Waals surface area contributed by atoms with E-state index in [1.165, 1.54) is 6.26 Å². The zero-order chi connectivity index (χ0) is 21.3. The Morgan fingerprint density at radius 1 is 1.10 bits per heavy atom. The number of piperazine rings is 1. The molecule has 1 saturated heterocycles. The van der Waals surface area contributed by atoms with Crippen molar-refractivity contribution in [3.05, 3.63) is 29.8 Å². The molecule has 1 fully saturated rings. The zero-order valence-electron chi connectivity index (χ0n) is 17.6. The first-order valence-electron chi connectivity index (χ1n) is 10.1. The van der Waals surface area contributed by atoms with Gasteiger partial charge in [0, 0.05) is 45.1 Å². The van der Waals surface area contributed by atoms with Gasteiger partial charge in [-0.25, -0.2) is 8.42 Å². The van der Waals surface area contributed by atoms with E-state index in [0.717, 1.165) is 12.0 Å². The van der Waals surface area contributed by atoms with Crippen LogP contribution in [-0.2, 0) is 14.6 Å². The number of amides is 1. The van der Waals surface area contributed by atoms with Crippen molar-refractivity contribution in [3.8, 4) is 11.5 Å². The lowest BCUT2D eigenvalue weighted by atomic mass is 10.1. The van der Waals surface area contributed by atoms with Gasteiger partial charge in [-0.15, -0.1) is 0 Å². The molecule has 0 N–H and O–H groups in total. The van der Waals surface area contributed by atoms with E-state index in [1.54, 1.807) is 17.1 Å². The van der Waals surface area contributed by atoms with Gasteiger partial charge in [-0.1, -0.05) is 13.0 Å². The Kier molecular flexibility index (Phi) is 8.98. The van der Waals surface area contributed by atoms with Crippen LogP contribution in [0.4, 0.5) is 0 Å². The quantitative estimate of drug-likeness (QED) is 0.535. The zero-order valence-corrected chi connectivity index (χ0v) is 18.4. The molecule has 1 aliphatic rings. The minimum absolute atomic E-state index is 0.0444. The van der Waals surface area contributed by atoms with Crippen LogP contribution in [0.5, 0.6) is 11.5 Å². The van der Waals surface area contributed by atoms with Gasteiger partial charge in [0.2, 0.25) is 5.91 Å². The maximum atomic E-state index is 12.5. The van der Waals surface area contributed by atoms with Crippen molar-refractivity contribution in [2.24, 2.45) is 0 Å². The van der Waals surface area contributed by atoms with Crippen molar-refractivity contribution in [2.45, 2.75) is 20.3 Å². The lowest BCUT2D eigenvalue weighted by molar-refractivity contribution is -0.127. The van der Waals surface area contributed by atoms with Gasteiger partial charge in [0.1, 0.15) is 9.84 Å². The smallest absolute Gasteiger partial charge is 0.246 e. The number of benzene rings is 1. The van der Waals surface area contributed by atoms with E-state index in [-0.39, 0.29) is 11.7 Å². The molecular formula is C21H32N2O5S. The maximum absolute atomic E-state index is 12.5. The Morgan fingerprint density at radius 2 is 1.83 bits per heavy atom. The van der Waals surface area contributed by atoms with E-state index in [2.05, 4.69) is 11.8 Å². The van der Waals surface area contributed by atoms with Gasteiger partial charge in [0.25, 0.3) is 0 Å². The minimum Gasteiger partial charge on any atom is -0.490 e. The predicted octanol–water partition coefficient (Wildman–Crippen LogP) is 2.08. The molecule has 0 spiro atoms. The van der Waals surface area contributed by atoms with Crippen LogP contribution < -0.4 is 9.47 Å². The second-order valence-corrected chi connectivity index (χ2v) is 9.38. The largest absolute Gasteiger partial charge is 0.490 e. The van der Waals surface area contributed by atoms with Gasteiger partial charge in [-0.05, 0) is 37.1 Å². The van der Waals surface area contributed by atoms with Crippen LogP contribution in [0.15, 0.2) is 24.3 Å². The summed E-state index contributed by atoms with van der Waals surface area (Å²) in [6.45, 7) is 8.23. The van der Waals surface area contributed by atoms with Gasteiger partial charge in [0.05, 0.1) is 19.0 Å². The molecular weight excluding hydrogens is 392 g/mol. The van der Waals surface area contributed by atoms with Crippen LogP contribution in [0, 0.1) is 0 Å². The normalized spacial score (nSPS) is 15.6. The fourth-order valence-electron chi connectivity index (χ4n) is 2.99. The standard InChI is InChI=1S/C21H32N2O5S/c1-4-15-28-19-8-6-18(17-20(19)27-5-2)7-9-21(24)23-12-10-22(11-13-23)14-16-29(3,25)26/h6-9,17H,4-5,10-16H2,1-3H3/b9-7+. The molecule has 1 heterocycles. The molecule has 2 rings (SSSR count). The molecule has 1 aliphatic heterocycles. The number of rotatable bonds is 10. The SMILES string of the molecule is CCCOc1ccc(/C=C/C(=O)N2CCN(CCS(C)(=O)=O)CC2)cc1OCC. The monoisotopic (exact) mass is 424 g/mol. The van der Waals surface area contributed by atoms with Crippen molar-refractivity contribution >= 4 is 21.8 Å². The second-order valence-electron chi connectivity index (χ2n) is 7.12. The molecule has 0 atom stereocenters. The van der Waals surface area contributed by atoms with Gasteiger partial charge in [-0.2, -0.15) is 0 Å². The molecule has 0 radical (unpaired) electrons. The van der Waals surface area contributed by atoms with Gasteiger partial charge < -0.3 is 14.4 Å². The molecule has 8 heteroatoms. The summed E-state index contributed by atoms with van der Waals surface area (Å²) >= 11 is 0. The van der Waals surface area contributed by atoms with E-state index < -0.39 is 9.84 Å². The van der Waals surface area contributed by atoms with Crippen LogP contribution in [-0.4, -0.2) is 82.1 Å². The lowest BCUT2D eigenvalue weighted by Gasteiger charge is -2.34. The van der Waals surface area contributed by atoms with E-state index in [1.807, 2.05) is 25.1 Å². The Hall–Kier alpha value is -2.06. The molecule has 1 amide bonds. The summed E-state index contributed by atoms with van der Waals surface area (Å²) in [4.78, 5) is 16.4. The fourth-order valence-corrected chi connectivity index (χ4v) is 3.58. The highest BCUT2D eigenvalue weighted by atomic mass is 32.2. The first kappa shape index (κ1) is 23.2. The number of ether oxygens (including phenoxy) is 2. The Morgan fingerprint density at radius 3 is 2.45 bits per heavy atom. The average Bonchev–Trinajstić information content (AvgIpc) is 2.70. The van der Waals surface area contributed by atoms with Crippen LogP contribution in [0.2, 0.25) is 0 Å². The van der Waals surface area contributed by atoms with E-state index in [4.69, 9.17) is 9.47 Å². The first-order chi connectivity index (χ1) is 13.8. The minimum atomic E-state index is -2.96. The predicted molar refractivity (Wildman–Crippen MR) is 115 cm³/mol. The molecule has 162 valence electrons. The Bertz CT molecular complexity index is 799. The molecule has 0 bridgehead atoms. The summed E-state index contributed by atoms with van der Waals surface area (Å²) < 4.78 is 33.9. The summed E-state index contributed by atoms with van der Waals surface area (Å²) in [6, 6.07) is 5.65. The van der Waals surface area contributed by atoms with Crippen molar-refractivity contribution < 1.29 is 22.7 Å². The topological polar surface area (TPSA) is 76.2 Å². The molecule has 1 aromatic carbocycles. The summed E-state index contributed by atoms with van der Waals surface area (Å²) in [5, 5.41) is 0. The number of nitrogens with zero attached hydrogens (tertiary/aromatic N) is 2. The molecule has 29 heavy (non-hydrogen) atoms. The number of hydrogen-bond acceptors (Lipinski definition) is 6. The van der Waals surface area contributed by atoms with Crippen LogP contribution in [0.3, 0.4) is 0 Å². The third kappa shape index (κ3) is 8.06. The van der Waals surface area contributed by atoms with Gasteiger partial charge in [-0.3, -0.25) is 9.69 Å². The summed E-state index contributed by atoms with van der Waals surface area (Å²) in [6.07, 6.45) is 5.52. The molecule has 0 saturated carbocycles. The van der Waals surface area contributed by atoms with E-state index in [0.29, 0.717) is 57.4 Å². The highest BCUT2D eigenvalue weighted by Crippen LogP contribution is 2.29. The highest BCUT2D eigenvalue weighted by Gasteiger charge is 2.20. The van der Waals surface area contributed by atoms with Gasteiger partial charge in [0.15, 0.2) is 11.5 Å². The fraction of sp³-hybridized carbons (Fsp3) is 0.571. The van der Waals surface area contributed by atoms with Crippen LogP contribution >= 0.6 is 0 Å². The molecule has 0 aliphatic carbocycles. The second kappa shape index (κ2) is 11.2. The molecule has 0 unspecified atom stereocenters. The third-order valence-electron chi connectivity index (χ3n) is 4.61. The van der Waals surface area contributed by atoms with Gasteiger partial charge >= 0.3 is 0 Å². The van der Waals surface area contributed by atoms with E-state index in [9.17, 15) is 13.2 Å². The number of hydrogen-bond donors (Lipinski definition) is 0. The number of sulfone groups is 1. The lowest BCUT2D eigenvalue weighted by Crippen LogP contribution is -2.49. The average molecular weight is 425 g/mol. The molecule has 7 nitrogen and oxygen atoms in total. The Balaban J connectivity index is 1.91. The van der Waals surface area contributed by atoms with Crippen molar-refractivity contribution in [3.63, 3.8) is 0 Å². The van der Waals surface area contributed by atoms with Crippen LogP contribution in [0.1, 0.15) is 25.8 Å². The molecule has 1 aromatic rings. The number of carbonyl (C=O) groups excluding carboxylic acids is 1. The Labute approximate surface area is 174 Å². The van der Waals surface area contributed by atoms with Crippen molar-refractivity contribution in [2.75, 3.05) is 57.9 Å². The van der Waals surface area contributed by atoms with Crippen molar-refractivity contribution in [1.29, 1.82) is 0 Å². The summed E-state index contributed by atoms with van der Waals surface area (Å²) in [5.74, 6) is 1.50. The first-order valence-corrected chi connectivity index (χ1v) is 12.1. The van der Waals surface area contributed by atoms with Crippen molar-refractivity contribution in [1.82, 2.24) is 9.80 Å². The summed E-state index contributed by atoms with van der Waals surface area (Å²) in [5.41, 5.74) is 0.873.